The molecule has 10 heteroatoms. The molecule has 0 spiro atoms. The summed E-state index contributed by atoms with van der Waals surface area (Å²) in [5.41, 5.74) is 7.27. The van der Waals surface area contributed by atoms with E-state index in [-0.39, 0.29) is 27.6 Å². The van der Waals surface area contributed by atoms with Crippen molar-refractivity contribution < 1.29 is 33.4 Å². The molecule has 2 amide bonds. The van der Waals surface area contributed by atoms with Crippen LogP contribution >= 0.6 is 11.8 Å². The number of ether oxygens (including phenoxy) is 3. The molecule has 3 aliphatic heterocycles. The number of amides is 2. The van der Waals surface area contributed by atoms with Crippen LogP contribution in [0.3, 0.4) is 0 Å². The molecule has 0 radical (unpaired) electrons. The van der Waals surface area contributed by atoms with Crippen molar-refractivity contribution in [3.63, 3.8) is 0 Å². The van der Waals surface area contributed by atoms with Crippen molar-refractivity contribution in [2.24, 2.45) is 11.7 Å². The number of benzene rings is 2. The Morgan fingerprint density at radius 3 is 2.58 bits per heavy atom. The summed E-state index contributed by atoms with van der Waals surface area (Å²) >= 11 is 0.972. The number of rotatable bonds is 3. The third kappa shape index (κ3) is 3.01. The van der Waals surface area contributed by atoms with Crippen LogP contribution in [0, 0.1) is 5.92 Å². The molecule has 0 bridgehead atoms. The molecule has 5 rings (SSSR count). The maximum absolute atomic E-state index is 13.8. The van der Waals surface area contributed by atoms with E-state index in [9.17, 15) is 19.2 Å². The number of thioether (sulfide) groups is 1. The van der Waals surface area contributed by atoms with Gasteiger partial charge in [0.25, 0.3) is 0 Å². The predicted molar refractivity (Wildman–Crippen MR) is 118 cm³/mol. The summed E-state index contributed by atoms with van der Waals surface area (Å²) < 4.78 is 15.5. The zero-order valence-corrected chi connectivity index (χ0v) is 18.4. The largest absolute Gasteiger partial charge is 0.495 e. The lowest BCUT2D eigenvalue weighted by Gasteiger charge is -2.36. The first kappa shape index (κ1) is 21.1. The van der Waals surface area contributed by atoms with E-state index in [1.165, 1.54) is 32.4 Å². The van der Waals surface area contributed by atoms with Crippen LogP contribution in [0.1, 0.15) is 21.8 Å². The Balaban J connectivity index is 1.65. The van der Waals surface area contributed by atoms with Crippen LogP contribution in [0.15, 0.2) is 53.1 Å². The summed E-state index contributed by atoms with van der Waals surface area (Å²) in [5.74, 6) is -3.33. The third-order valence-electron chi connectivity index (χ3n) is 6.00. The fourth-order valence-corrected chi connectivity index (χ4v) is 5.79. The van der Waals surface area contributed by atoms with Gasteiger partial charge in [0.15, 0.2) is 0 Å². The molecule has 0 unspecified atom stereocenters. The van der Waals surface area contributed by atoms with Gasteiger partial charge in [-0.2, -0.15) is 0 Å². The van der Waals surface area contributed by atoms with E-state index in [1.54, 1.807) is 24.3 Å². The second-order valence-electron chi connectivity index (χ2n) is 7.64. The van der Waals surface area contributed by atoms with Crippen LogP contribution < -0.4 is 20.1 Å². The van der Waals surface area contributed by atoms with Gasteiger partial charge in [-0.15, -0.1) is 0 Å². The molecule has 1 saturated heterocycles. The Labute approximate surface area is 192 Å². The molecule has 33 heavy (non-hydrogen) atoms. The van der Waals surface area contributed by atoms with E-state index in [1.807, 2.05) is 0 Å². The van der Waals surface area contributed by atoms with Gasteiger partial charge < -0.3 is 19.9 Å². The normalized spacial score (nSPS) is 23.5. The average Bonchev–Trinajstić information content (AvgIpc) is 3.07. The highest BCUT2D eigenvalue weighted by Gasteiger charge is 2.59. The van der Waals surface area contributed by atoms with Gasteiger partial charge in [-0.3, -0.25) is 9.59 Å². The second kappa shape index (κ2) is 7.66. The third-order valence-corrected chi connectivity index (χ3v) is 7.23. The molecule has 0 aliphatic carbocycles. The fraction of sp³-hybridized carbons (Fsp3) is 0.217. The van der Waals surface area contributed by atoms with Crippen molar-refractivity contribution in [2.45, 2.75) is 11.2 Å². The molecule has 3 atom stereocenters. The highest BCUT2D eigenvalue weighted by atomic mass is 32.2. The summed E-state index contributed by atoms with van der Waals surface area (Å²) in [6, 6.07) is 11.2. The van der Waals surface area contributed by atoms with Crippen LogP contribution in [-0.2, 0) is 19.1 Å². The molecule has 3 aliphatic rings. The number of hydrogen-bond donors (Lipinski definition) is 1. The van der Waals surface area contributed by atoms with Crippen LogP contribution in [0.5, 0.6) is 11.5 Å². The number of nitrogens with two attached hydrogens (primary N) is 1. The number of methoxy groups -OCH3 is 2. The minimum Gasteiger partial charge on any atom is -0.495 e. The quantitative estimate of drug-likeness (QED) is 0.410. The van der Waals surface area contributed by atoms with E-state index in [4.69, 9.17) is 19.9 Å². The highest BCUT2D eigenvalue weighted by molar-refractivity contribution is 8.04. The first-order valence-corrected chi connectivity index (χ1v) is 10.9. The number of para-hydroxylation sites is 1. The maximum Gasteiger partial charge on any atom is 0.342 e. The smallest absolute Gasteiger partial charge is 0.342 e. The summed E-state index contributed by atoms with van der Waals surface area (Å²) in [5, 5.41) is -0.698. The SMILES string of the molecule is COC(=O)c1ccc(OC)c(N2C(=O)[C@@H]3[C@@H]4C(=C(N)S[C@H]3C2=O)C(=O)Oc2ccccc24)c1. The number of nitrogens with zero attached hydrogens (tertiary/aromatic N) is 1. The lowest BCUT2D eigenvalue weighted by molar-refractivity contribution is -0.131. The Morgan fingerprint density at radius 1 is 1.09 bits per heavy atom. The van der Waals surface area contributed by atoms with Crippen molar-refractivity contribution in [3.05, 3.63) is 64.2 Å². The first-order chi connectivity index (χ1) is 15.9. The summed E-state index contributed by atoms with van der Waals surface area (Å²) in [6.45, 7) is 0. The Hall–Kier alpha value is -3.79. The van der Waals surface area contributed by atoms with Crippen LogP contribution in [0.4, 0.5) is 5.69 Å². The van der Waals surface area contributed by atoms with Gasteiger partial charge in [0, 0.05) is 11.5 Å². The molecule has 2 N–H and O–H groups in total. The van der Waals surface area contributed by atoms with Crippen molar-refractivity contribution in [1.82, 2.24) is 0 Å². The minimum atomic E-state index is -0.884. The van der Waals surface area contributed by atoms with E-state index in [0.29, 0.717) is 11.3 Å². The van der Waals surface area contributed by atoms with Crippen molar-refractivity contribution in [1.29, 1.82) is 0 Å². The van der Waals surface area contributed by atoms with Crippen molar-refractivity contribution >= 4 is 41.2 Å². The van der Waals surface area contributed by atoms with Crippen LogP contribution in [-0.4, -0.2) is 43.2 Å². The first-order valence-electron chi connectivity index (χ1n) is 9.99. The number of carbonyl (C=O) groups is 4. The molecule has 1 fully saturated rings. The zero-order chi connectivity index (χ0) is 23.4. The lowest BCUT2D eigenvalue weighted by Crippen LogP contribution is -2.39. The van der Waals surface area contributed by atoms with E-state index < -0.39 is 40.8 Å². The highest BCUT2D eigenvalue weighted by Crippen LogP contribution is 2.55. The summed E-state index contributed by atoms with van der Waals surface area (Å²) in [7, 11) is 2.63. The maximum atomic E-state index is 13.8. The summed E-state index contributed by atoms with van der Waals surface area (Å²) in [4.78, 5) is 53.1. The summed E-state index contributed by atoms with van der Waals surface area (Å²) in [6.07, 6.45) is 0. The fourth-order valence-electron chi connectivity index (χ4n) is 4.55. The Kier molecular flexibility index (Phi) is 4.89. The number of fused-ring (bicyclic) bond motifs is 5. The Morgan fingerprint density at radius 2 is 1.85 bits per heavy atom. The number of esters is 2. The van der Waals surface area contributed by atoms with E-state index in [0.717, 1.165) is 16.7 Å². The van der Waals surface area contributed by atoms with Gasteiger partial charge in [-0.25, -0.2) is 14.5 Å². The number of carbonyl (C=O) groups excluding carboxylic acids is 4. The van der Waals surface area contributed by atoms with E-state index in [2.05, 4.69) is 0 Å². The van der Waals surface area contributed by atoms with Gasteiger partial charge in [-0.05, 0) is 24.3 Å². The lowest BCUT2D eigenvalue weighted by atomic mass is 9.77. The number of imide groups is 1. The topological polar surface area (TPSA) is 125 Å². The molecule has 0 aromatic heterocycles. The average molecular weight is 466 g/mol. The zero-order valence-electron chi connectivity index (χ0n) is 17.6. The molecular formula is C23H18N2O7S. The van der Waals surface area contributed by atoms with Gasteiger partial charge in [-0.1, -0.05) is 30.0 Å². The molecular weight excluding hydrogens is 448 g/mol. The van der Waals surface area contributed by atoms with Crippen molar-refractivity contribution in [2.75, 3.05) is 19.1 Å². The molecule has 9 nitrogen and oxygen atoms in total. The second-order valence-corrected chi connectivity index (χ2v) is 8.82. The number of hydrogen-bond acceptors (Lipinski definition) is 9. The Bertz CT molecular complexity index is 1270. The standard InChI is InChI=1S/C23H18N2O7S/c1-30-14-8-7-10(22(28)31-2)9-12(14)25-20(26)16-15-11-5-3-4-6-13(11)32-23(29)17(15)19(24)33-18(16)21(25)27/h3-9,15-16,18H,24H2,1-2H3/t15-,16-,18-/m1/s1. The van der Waals surface area contributed by atoms with Gasteiger partial charge in [0.05, 0.1) is 42.0 Å². The van der Waals surface area contributed by atoms with Gasteiger partial charge >= 0.3 is 11.9 Å². The van der Waals surface area contributed by atoms with Crippen LogP contribution in [0.25, 0.3) is 0 Å². The molecule has 2 aromatic carbocycles. The number of anilines is 1. The molecule has 3 heterocycles. The minimum absolute atomic E-state index is 0.122. The molecule has 0 saturated carbocycles. The van der Waals surface area contributed by atoms with Gasteiger partial charge in [0.1, 0.15) is 16.7 Å². The molecule has 168 valence electrons. The van der Waals surface area contributed by atoms with Gasteiger partial charge in [0.2, 0.25) is 11.8 Å². The van der Waals surface area contributed by atoms with Crippen LogP contribution in [0.2, 0.25) is 0 Å². The van der Waals surface area contributed by atoms with E-state index >= 15 is 0 Å². The monoisotopic (exact) mass is 466 g/mol. The van der Waals surface area contributed by atoms with Crippen molar-refractivity contribution in [3.8, 4) is 11.5 Å². The molecule has 2 aromatic rings. The predicted octanol–water partition coefficient (Wildman–Crippen LogP) is 1.96.